The number of ether oxygens (including phenoxy) is 1. The summed E-state index contributed by atoms with van der Waals surface area (Å²) >= 11 is 0. The van der Waals surface area contributed by atoms with Gasteiger partial charge in [-0.15, -0.1) is 0 Å². The number of anilines is 2. The number of nitrogens with one attached hydrogen (secondary N) is 2. The Labute approximate surface area is 109 Å². The Hall–Kier alpha value is -2.70. The summed E-state index contributed by atoms with van der Waals surface area (Å²) in [6, 6.07) is 4.75. The van der Waals surface area contributed by atoms with E-state index in [4.69, 9.17) is 10.5 Å². The molecule has 1 aromatic heterocycles. The standard InChI is InChI=1S/C12H14N4O3/c1-19-10-11(15-6-16-12(10)18)14-5-7-4-8(13)2-3-9(7)17/h2-4,6,17H,5,13H2,1H3,(H2,14,15,16,18). The molecule has 0 atom stereocenters. The third kappa shape index (κ3) is 2.76. The number of nitrogen functional groups attached to an aromatic ring is 1. The van der Waals surface area contributed by atoms with Crippen LogP contribution in [0.15, 0.2) is 29.3 Å². The number of hydrogen-bond acceptors (Lipinski definition) is 6. The van der Waals surface area contributed by atoms with Gasteiger partial charge in [-0.05, 0) is 18.2 Å². The van der Waals surface area contributed by atoms with Gasteiger partial charge < -0.3 is 25.9 Å². The van der Waals surface area contributed by atoms with Gasteiger partial charge in [0.05, 0.1) is 13.4 Å². The minimum atomic E-state index is -0.378. The third-order valence-electron chi connectivity index (χ3n) is 2.56. The maximum atomic E-state index is 11.5. The number of nitrogens with zero attached hydrogens (tertiary/aromatic N) is 1. The summed E-state index contributed by atoms with van der Waals surface area (Å²) in [7, 11) is 1.38. The lowest BCUT2D eigenvalue weighted by atomic mass is 10.2. The van der Waals surface area contributed by atoms with Crippen LogP contribution in [-0.4, -0.2) is 22.2 Å². The molecule has 7 heteroatoms. The lowest BCUT2D eigenvalue weighted by Gasteiger charge is -2.10. The molecule has 0 aliphatic carbocycles. The van der Waals surface area contributed by atoms with Crippen molar-refractivity contribution in [2.75, 3.05) is 18.2 Å². The highest BCUT2D eigenvalue weighted by atomic mass is 16.5. The van der Waals surface area contributed by atoms with E-state index in [1.165, 1.54) is 19.5 Å². The number of methoxy groups -OCH3 is 1. The van der Waals surface area contributed by atoms with Crippen LogP contribution < -0.4 is 21.3 Å². The highest BCUT2D eigenvalue weighted by Gasteiger charge is 2.09. The molecule has 1 heterocycles. The number of aromatic amines is 1. The zero-order valence-corrected chi connectivity index (χ0v) is 10.3. The summed E-state index contributed by atoms with van der Waals surface area (Å²) in [6.45, 7) is 0.268. The van der Waals surface area contributed by atoms with Gasteiger partial charge in [0.25, 0.3) is 5.56 Å². The third-order valence-corrected chi connectivity index (χ3v) is 2.56. The number of phenols is 1. The monoisotopic (exact) mass is 262 g/mol. The van der Waals surface area contributed by atoms with Gasteiger partial charge in [-0.25, -0.2) is 4.98 Å². The summed E-state index contributed by atoms with van der Waals surface area (Å²) in [5.41, 5.74) is 6.41. The fourth-order valence-corrected chi connectivity index (χ4v) is 1.63. The minimum Gasteiger partial charge on any atom is -0.508 e. The highest BCUT2D eigenvalue weighted by molar-refractivity contribution is 5.51. The largest absolute Gasteiger partial charge is 0.508 e. The molecule has 0 fully saturated rings. The fraction of sp³-hybridized carbons (Fsp3) is 0.167. The minimum absolute atomic E-state index is 0.0888. The van der Waals surface area contributed by atoms with E-state index in [2.05, 4.69) is 15.3 Å². The lowest BCUT2D eigenvalue weighted by Crippen LogP contribution is -2.14. The van der Waals surface area contributed by atoms with Gasteiger partial charge in [-0.1, -0.05) is 0 Å². The van der Waals surface area contributed by atoms with Crippen LogP contribution in [-0.2, 0) is 6.54 Å². The van der Waals surface area contributed by atoms with Crippen LogP contribution in [0.5, 0.6) is 11.5 Å². The number of nitrogens with two attached hydrogens (primary N) is 1. The second-order valence-electron chi connectivity index (χ2n) is 3.86. The van der Waals surface area contributed by atoms with E-state index in [0.717, 1.165) is 0 Å². The summed E-state index contributed by atoms with van der Waals surface area (Å²) in [5, 5.41) is 12.6. The molecule has 0 bridgehead atoms. The number of rotatable bonds is 4. The van der Waals surface area contributed by atoms with Crippen molar-refractivity contribution in [1.82, 2.24) is 9.97 Å². The first-order valence-electron chi connectivity index (χ1n) is 5.54. The summed E-state index contributed by atoms with van der Waals surface area (Å²) in [5.74, 6) is 0.504. The summed E-state index contributed by atoms with van der Waals surface area (Å²) < 4.78 is 4.96. The molecule has 1 aromatic carbocycles. The van der Waals surface area contributed by atoms with Gasteiger partial charge in [0.15, 0.2) is 5.82 Å². The maximum Gasteiger partial charge on any atom is 0.295 e. The van der Waals surface area contributed by atoms with Crippen molar-refractivity contribution < 1.29 is 9.84 Å². The van der Waals surface area contributed by atoms with Crippen molar-refractivity contribution in [1.29, 1.82) is 0 Å². The zero-order chi connectivity index (χ0) is 13.8. The van der Waals surface area contributed by atoms with E-state index < -0.39 is 0 Å². The first-order valence-corrected chi connectivity index (χ1v) is 5.54. The van der Waals surface area contributed by atoms with Gasteiger partial charge in [0, 0.05) is 17.8 Å². The van der Waals surface area contributed by atoms with E-state index in [0.29, 0.717) is 17.1 Å². The molecular formula is C12H14N4O3. The molecular weight excluding hydrogens is 248 g/mol. The van der Waals surface area contributed by atoms with Crippen molar-refractivity contribution in [3.8, 4) is 11.5 Å². The molecule has 0 aliphatic rings. The summed E-state index contributed by atoms with van der Waals surface area (Å²) in [6.07, 6.45) is 1.27. The van der Waals surface area contributed by atoms with E-state index in [1.807, 2.05) is 0 Å². The fourth-order valence-electron chi connectivity index (χ4n) is 1.63. The van der Waals surface area contributed by atoms with E-state index in [-0.39, 0.29) is 23.6 Å². The van der Waals surface area contributed by atoms with Crippen molar-refractivity contribution >= 4 is 11.5 Å². The number of benzene rings is 1. The molecule has 19 heavy (non-hydrogen) atoms. The van der Waals surface area contributed by atoms with Crippen LogP contribution in [0.2, 0.25) is 0 Å². The Bertz CT molecular complexity index is 639. The Morgan fingerprint density at radius 2 is 2.32 bits per heavy atom. The zero-order valence-electron chi connectivity index (χ0n) is 10.3. The predicted molar refractivity (Wildman–Crippen MR) is 71.3 cm³/mol. The Morgan fingerprint density at radius 1 is 1.53 bits per heavy atom. The number of phenolic OH excluding ortho intramolecular Hbond substituents is 1. The maximum absolute atomic E-state index is 11.5. The van der Waals surface area contributed by atoms with Crippen molar-refractivity contribution in [3.63, 3.8) is 0 Å². The normalized spacial score (nSPS) is 10.2. The lowest BCUT2D eigenvalue weighted by molar-refractivity contribution is 0.408. The molecule has 0 saturated heterocycles. The average molecular weight is 262 g/mol. The Balaban J connectivity index is 2.21. The molecule has 2 aromatic rings. The van der Waals surface area contributed by atoms with E-state index >= 15 is 0 Å². The molecule has 0 unspecified atom stereocenters. The molecule has 0 saturated carbocycles. The van der Waals surface area contributed by atoms with Crippen LogP contribution in [0.4, 0.5) is 11.5 Å². The van der Waals surface area contributed by atoms with Crippen LogP contribution in [0.3, 0.4) is 0 Å². The smallest absolute Gasteiger partial charge is 0.295 e. The molecule has 0 amide bonds. The second kappa shape index (κ2) is 5.30. The van der Waals surface area contributed by atoms with Crippen molar-refractivity contribution in [2.24, 2.45) is 0 Å². The first kappa shape index (κ1) is 12.7. The molecule has 5 N–H and O–H groups in total. The molecule has 0 spiro atoms. The van der Waals surface area contributed by atoms with Crippen LogP contribution in [0, 0.1) is 0 Å². The highest BCUT2D eigenvalue weighted by Crippen LogP contribution is 2.22. The van der Waals surface area contributed by atoms with Gasteiger partial charge >= 0.3 is 0 Å². The second-order valence-corrected chi connectivity index (χ2v) is 3.86. The molecule has 7 nitrogen and oxygen atoms in total. The quantitative estimate of drug-likeness (QED) is 0.476. The van der Waals surface area contributed by atoms with Crippen LogP contribution >= 0.6 is 0 Å². The topological polar surface area (TPSA) is 113 Å². The number of H-pyrrole nitrogens is 1. The number of hydrogen-bond donors (Lipinski definition) is 4. The van der Waals surface area contributed by atoms with Gasteiger partial charge in [-0.2, -0.15) is 0 Å². The average Bonchev–Trinajstić information content (AvgIpc) is 2.40. The number of aromatic hydroxyl groups is 1. The Morgan fingerprint density at radius 3 is 3.05 bits per heavy atom. The number of aromatic nitrogens is 2. The van der Waals surface area contributed by atoms with Crippen molar-refractivity contribution in [2.45, 2.75) is 6.54 Å². The van der Waals surface area contributed by atoms with E-state index in [1.54, 1.807) is 12.1 Å². The van der Waals surface area contributed by atoms with Crippen LogP contribution in [0.1, 0.15) is 5.56 Å². The van der Waals surface area contributed by atoms with Gasteiger partial charge in [0.2, 0.25) is 5.75 Å². The van der Waals surface area contributed by atoms with Gasteiger partial charge in [-0.3, -0.25) is 4.79 Å². The SMILES string of the molecule is COc1c(NCc2cc(N)ccc2O)nc[nH]c1=O. The first-order chi connectivity index (χ1) is 9.11. The van der Waals surface area contributed by atoms with E-state index in [9.17, 15) is 9.90 Å². The molecule has 100 valence electrons. The predicted octanol–water partition coefficient (Wildman–Crippen LogP) is 0.678. The van der Waals surface area contributed by atoms with Crippen LogP contribution in [0.25, 0.3) is 0 Å². The summed E-state index contributed by atoms with van der Waals surface area (Å²) in [4.78, 5) is 17.9. The molecule has 0 aliphatic heterocycles. The Kier molecular flexibility index (Phi) is 3.56. The molecule has 0 radical (unpaired) electrons. The van der Waals surface area contributed by atoms with Gasteiger partial charge in [0.1, 0.15) is 5.75 Å². The van der Waals surface area contributed by atoms with Crippen molar-refractivity contribution in [3.05, 3.63) is 40.4 Å². The molecule has 2 rings (SSSR count).